The van der Waals surface area contributed by atoms with Gasteiger partial charge in [0.25, 0.3) is 0 Å². The summed E-state index contributed by atoms with van der Waals surface area (Å²) in [6.45, 7) is 11.1. The van der Waals surface area contributed by atoms with Crippen molar-refractivity contribution in [1.82, 2.24) is 4.90 Å². The number of carboxylic acid groups (broad SMARTS) is 1. The molecule has 10 heteroatoms. The molecule has 3 aromatic carbocycles. The number of nitrogens with zero attached hydrogens (tertiary/aromatic N) is 2. The van der Waals surface area contributed by atoms with Gasteiger partial charge in [-0.3, -0.25) is 0 Å². The Balaban J connectivity index is 1.53. The first kappa shape index (κ1) is 37.8. The molecule has 4 rings (SSSR count). The maximum Gasteiger partial charge on any atom is 0.407 e. The molecule has 0 spiro atoms. The number of benzene rings is 3. The van der Waals surface area contributed by atoms with E-state index < -0.39 is 11.6 Å². The predicted molar refractivity (Wildman–Crippen MR) is 195 cm³/mol. The van der Waals surface area contributed by atoms with Gasteiger partial charge in [0.2, 0.25) is 5.69 Å². The molecule has 1 amide bonds. The van der Waals surface area contributed by atoms with Gasteiger partial charge >= 0.3 is 6.09 Å². The van der Waals surface area contributed by atoms with Crippen LogP contribution < -0.4 is 14.2 Å². The van der Waals surface area contributed by atoms with E-state index in [0.717, 1.165) is 44.5 Å². The Morgan fingerprint density at radius 3 is 2.24 bits per heavy atom. The zero-order valence-corrected chi connectivity index (χ0v) is 30.6. The minimum Gasteiger partial charge on any atom is -0.618 e. The zero-order valence-electron chi connectivity index (χ0n) is 29.1. The maximum absolute atomic E-state index is 12.7. The quantitative estimate of drug-likeness (QED) is 0.0752. The van der Waals surface area contributed by atoms with Crippen molar-refractivity contribution >= 4 is 29.3 Å². The van der Waals surface area contributed by atoms with Gasteiger partial charge in [0.05, 0.1) is 15.6 Å². The summed E-state index contributed by atoms with van der Waals surface area (Å²) in [5.41, 5.74) is 6.02. The lowest BCUT2D eigenvalue weighted by Gasteiger charge is -2.36. The largest absolute Gasteiger partial charge is 0.618 e. The Morgan fingerprint density at radius 1 is 0.959 bits per heavy atom. The van der Waals surface area contributed by atoms with Gasteiger partial charge in [0, 0.05) is 44.2 Å². The molecule has 0 aliphatic carbocycles. The van der Waals surface area contributed by atoms with Crippen LogP contribution >= 0.6 is 23.2 Å². The van der Waals surface area contributed by atoms with Crippen LogP contribution in [-0.2, 0) is 17.6 Å². The molecule has 0 bridgehead atoms. The Bertz CT molecular complexity index is 1700. The van der Waals surface area contributed by atoms with Gasteiger partial charge in [-0.1, -0.05) is 53.5 Å². The van der Waals surface area contributed by atoms with Gasteiger partial charge in [-0.25, -0.2) is 4.79 Å². The van der Waals surface area contributed by atoms with E-state index in [4.69, 9.17) is 37.4 Å². The monoisotopic (exact) mass is 708 g/mol. The number of carbonyl (C=O) groups is 1. The first-order valence-corrected chi connectivity index (χ1v) is 17.2. The summed E-state index contributed by atoms with van der Waals surface area (Å²) in [7, 11) is 1.65. The molecule has 0 aliphatic rings. The predicted octanol–water partition coefficient (Wildman–Crippen LogP) is 9.05. The first-order chi connectivity index (χ1) is 23.3. The van der Waals surface area contributed by atoms with Crippen molar-refractivity contribution in [3.63, 3.8) is 0 Å². The number of aryl methyl sites for hydroxylation is 2. The highest BCUT2D eigenvalue weighted by atomic mass is 35.5. The van der Waals surface area contributed by atoms with Crippen molar-refractivity contribution in [2.24, 2.45) is 0 Å². The number of halogens is 2. The molecule has 1 aromatic heterocycles. The fourth-order valence-corrected chi connectivity index (χ4v) is 6.69. The first-order valence-electron chi connectivity index (χ1n) is 16.4. The third kappa shape index (κ3) is 10.3. The van der Waals surface area contributed by atoms with E-state index in [1.807, 2.05) is 71.0 Å². The number of ether oxygens (including phenoxy) is 3. The van der Waals surface area contributed by atoms with E-state index >= 15 is 0 Å². The van der Waals surface area contributed by atoms with Crippen LogP contribution in [0.2, 0.25) is 10.0 Å². The molecular formula is C39H46Cl2N2O6. The molecule has 0 radical (unpaired) electrons. The SMILES string of the molecule is COCCCc1c(-c2ccc(C(Cc3ccc(OCCOc4c(Cl)cc(C)cc4Cl)cc3)CN(C(=O)O)C(C)(C)C)c(C)c2)ccc[n+]1[O-]. The van der Waals surface area contributed by atoms with E-state index in [1.165, 1.54) is 11.1 Å². The molecule has 1 heterocycles. The number of aromatic nitrogens is 1. The minimum absolute atomic E-state index is 0.130. The van der Waals surface area contributed by atoms with E-state index in [0.29, 0.717) is 59.8 Å². The Kier molecular flexibility index (Phi) is 13.2. The van der Waals surface area contributed by atoms with Crippen LogP contribution in [0.1, 0.15) is 61.1 Å². The van der Waals surface area contributed by atoms with Crippen LogP contribution in [0.25, 0.3) is 11.1 Å². The van der Waals surface area contributed by atoms with Gasteiger partial charge in [0.1, 0.15) is 19.0 Å². The maximum atomic E-state index is 12.7. The van der Waals surface area contributed by atoms with Crippen LogP contribution in [0.15, 0.2) is 72.9 Å². The highest BCUT2D eigenvalue weighted by molar-refractivity contribution is 6.37. The van der Waals surface area contributed by atoms with Gasteiger partial charge in [-0.2, -0.15) is 4.73 Å². The highest BCUT2D eigenvalue weighted by Gasteiger charge is 2.30. The van der Waals surface area contributed by atoms with Crippen molar-refractivity contribution in [3.8, 4) is 22.6 Å². The lowest BCUT2D eigenvalue weighted by atomic mass is 9.86. The lowest BCUT2D eigenvalue weighted by molar-refractivity contribution is -0.613. The molecule has 0 saturated carbocycles. The molecule has 262 valence electrons. The summed E-state index contributed by atoms with van der Waals surface area (Å²) < 4.78 is 17.8. The summed E-state index contributed by atoms with van der Waals surface area (Å²) >= 11 is 12.6. The Labute approximate surface area is 299 Å². The molecule has 1 unspecified atom stereocenters. The Morgan fingerprint density at radius 2 is 1.63 bits per heavy atom. The second-order valence-corrected chi connectivity index (χ2v) is 14.0. The molecule has 49 heavy (non-hydrogen) atoms. The molecule has 4 aromatic rings. The molecule has 1 N–H and O–H groups in total. The van der Waals surface area contributed by atoms with Gasteiger partial charge in [-0.05, 0) is 106 Å². The lowest BCUT2D eigenvalue weighted by Crippen LogP contribution is -2.47. The summed E-state index contributed by atoms with van der Waals surface area (Å²) in [5, 5.41) is 23.8. The van der Waals surface area contributed by atoms with Crippen LogP contribution in [0.5, 0.6) is 11.5 Å². The van der Waals surface area contributed by atoms with Gasteiger partial charge < -0.3 is 29.4 Å². The normalized spacial score (nSPS) is 12.1. The van der Waals surface area contributed by atoms with Gasteiger partial charge in [-0.15, -0.1) is 0 Å². The number of pyridine rings is 1. The van der Waals surface area contributed by atoms with Crippen molar-refractivity contribution in [1.29, 1.82) is 0 Å². The fraction of sp³-hybridized carbons (Fsp3) is 0.385. The summed E-state index contributed by atoms with van der Waals surface area (Å²) in [5.74, 6) is 0.996. The number of hydrogen-bond donors (Lipinski definition) is 1. The second-order valence-electron chi connectivity index (χ2n) is 13.2. The second kappa shape index (κ2) is 17.1. The third-order valence-electron chi connectivity index (χ3n) is 8.43. The van der Waals surface area contributed by atoms with Crippen molar-refractivity contribution < 1.29 is 28.8 Å². The van der Waals surface area contributed by atoms with Crippen LogP contribution in [0.4, 0.5) is 4.79 Å². The van der Waals surface area contributed by atoms with Crippen molar-refractivity contribution in [2.75, 3.05) is 33.5 Å². The topological polar surface area (TPSA) is 95.2 Å². The molecule has 0 aliphatic heterocycles. The van der Waals surface area contributed by atoms with Gasteiger partial charge in [0.15, 0.2) is 11.9 Å². The van der Waals surface area contributed by atoms with E-state index in [-0.39, 0.29) is 12.5 Å². The smallest absolute Gasteiger partial charge is 0.407 e. The summed E-state index contributed by atoms with van der Waals surface area (Å²) in [4.78, 5) is 13.9. The van der Waals surface area contributed by atoms with E-state index in [1.54, 1.807) is 25.3 Å². The number of rotatable bonds is 15. The number of hydrogen-bond acceptors (Lipinski definition) is 5. The van der Waals surface area contributed by atoms with Crippen LogP contribution in [0.3, 0.4) is 0 Å². The molecular weight excluding hydrogens is 663 g/mol. The Hall–Kier alpha value is -3.98. The molecule has 1 atom stereocenters. The van der Waals surface area contributed by atoms with Crippen molar-refractivity contribution in [3.05, 3.63) is 116 Å². The van der Waals surface area contributed by atoms with E-state index in [9.17, 15) is 15.1 Å². The zero-order chi connectivity index (χ0) is 35.7. The molecule has 0 saturated heterocycles. The summed E-state index contributed by atoms with van der Waals surface area (Å²) in [6, 6.07) is 21.4. The summed E-state index contributed by atoms with van der Waals surface area (Å²) in [6.07, 6.45) is 2.51. The number of methoxy groups -OCH3 is 1. The van der Waals surface area contributed by atoms with Crippen LogP contribution in [0, 0.1) is 19.1 Å². The molecule has 0 fully saturated rings. The van der Waals surface area contributed by atoms with Crippen LogP contribution in [-0.4, -0.2) is 55.1 Å². The van der Waals surface area contributed by atoms with E-state index in [2.05, 4.69) is 12.1 Å². The number of amides is 1. The standard InChI is InChI=1S/C39H46Cl2N2O6/c1-26-21-34(40)37(35(41)22-26)49-20-19-48-31-14-11-28(12-15-31)24-30(25-42(38(44)45)39(3,4)5)32-16-13-29(23-27(32)2)33-9-7-17-43(46)36(33)10-8-18-47-6/h7,9,11-17,21-23,30H,8,10,18-20,24-25H2,1-6H3,(H,44,45). The minimum atomic E-state index is -0.962. The third-order valence-corrected chi connectivity index (χ3v) is 9.00. The average molecular weight is 710 g/mol. The average Bonchev–Trinajstić information content (AvgIpc) is 3.03. The molecule has 8 nitrogen and oxygen atoms in total. The highest BCUT2D eigenvalue weighted by Crippen LogP contribution is 2.35. The fourth-order valence-electron chi connectivity index (χ4n) is 5.98. The van der Waals surface area contributed by atoms with Crippen molar-refractivity contribution in [2.45, 2.75) is 65.3 Å².